The lowest BCUT2D eigenvalue weighted by atomic mass is 10.7. The summed E-state index contributed by atoms with van der Waals surface area (Å²) in [6, 6.07) is 0.234. The van der Waals surface area contributed by atoms with Crippen LogP contribution in [-0.4, -0.2) is 22.7 Å². The molecule has 0 aromatic carbocycles. The van der Waals surface area contributed by atoms with Gasteiger partial charge in [0.05, 0.1) is 0 Å². The van der Waals surface area contributed by atoms with E-state index in [1.807, 2.05) is 0 Å². The van der Waals surface area contributed by atoms with Crippen LogP contribution in [0.1, 0.15) is 6.92 Å². The van der Waals surface area contributed by atoms with Gasteiger partial charge < -0.3 is 4.52 Å². The molecule has 0 saturated carbocycles. The summed E-state index contributed by atoms with van der Waals surface area (Å²) in [6.07, 6.45) is 3.60. The highest BCUT2D eigenvalue weighted by atomic mass is 16.7. The minimum atomic E-state index is -0.234. The molecule has 0 aliphatic carbocycles. The fraction of sp³-hybridized carbons (Fsp3) is 0.400. The standard InChI is InChI=1S/C5H5N4O2/c1-4-7-3-9(11-4)5-6-2-8-10-5/h2,4H,1H3. The Morgan fingerprint density at radius 1 is 1.73 bits per heavy atom. The molecule has 2 rings (SSSR count). The van der Waals surface area contributed by atoms with Gasteiger partial charge >= 0.3 is 6.01 Å². The third-order valence-electron chi connectivity index (χ3n) is 1.11. The van der Waals surface area contributed by atoms with E-state index in [0.717, 1.165) is 0 Å². The van der Waals surface area contributed by atoms with Gasteiger partial charge in [0, 0.05) is 0 Å². The summed E-state index contributed by atoms with van der Waals surface area (Å²) < 4.78 is 4.68. The Hall–Kier alpha value is -1.43. The van der Waals surface area contributed by atoms with Crippen molar-refractivity contribution in [2.45, 2.75) is 13.2 Å². The molecular weight excluding hydrogens is 148 g/mol. The molecule has 0 fully saturated rings. The van der Waals surface area contributed by atoms with Gasteiger partial charge in [0.2, 0.25) is 6.34 Å². The van der Waals surface area contributed by atoms with E-state index in [1.54, 1.807) is 6.92 Å². The molecule has 1 unspecified atom stereocenters. The zero-order chi connectivity index (χ0) is 7.68. The van der Waals surface area contributed by atoms with Crippen molar-refractivity contribution in [3.8, 4) is 0 Å². The van der Waals surface area contributed by atoms with Gasteiger partial charge in [0.25, 0.3) is 0 Å². The van der Waals surface area contributed by atoms with E-state index in [1.165, 1.54) is 11.4 Å². The minimum Gasteiger partial charge on any atom is -0.313 e. The molecule has 1 aromatic heterocycles. The third-order valence-corrected chi connectivity index (χ3v) is 1.11. The summed E-state index contributed by atoms with van der Waals surface area (Å²) in [4.78, 5) is 12.6. The van der Waals surface area contributed by atoms with Crippen LogP contribution in [0.4, 0.5) is 6.01 Å². The van der Waals surface area contributed by atoms with Gasteiger partial charge in [0.15, 0.2) is 12.6 Å². The normalized spacial score (nSPS) is 23.0. The van der Waals surface area contributed by atoms with Gasteiger partial charge in [-0.2, -0.15) is 4.98 Å². The number of aliphatic imine (C=N–C) groups is 1. The van der Waals surface area contributed by atoms with Crippen LogP contribution in [-0.2, 0) is 4.84 Å². The van der Waals surface area contributed by atoms with Gasteiger partial charge in [-0.25, -0.2) is 9.83 Å². The molecule has 0 bridgehead atoms. The number of hydrogen-bond acceptors (Lipinski definition) is 6. The summed E-state index contributed by atoms with van der Waals surface area (Å²) in [5, 5.41) is 4.61. The van der Waals surface area contributed by atoms with Crippen LogP contribution in [0.25, 0.3) is 0 Å². The van der Waals surface area contributed by atoms with Gasteiger partial charge in [0.1, 0.15) is 0 Å². The topological polar surface area (TPSA) is 63.8 Å². The molecule has 0 spiro atoms. The first kappa shape index (κ1) is 6.29. The molecule has 11 heavy (non-hydrogen) atoms. The summed E-state index contributed by atoms with van der Waals surface area (Å²) in [5.41, 5.74) is 0. The Labute approximate surface area is 62.4 Å². The number of anilines is 1. The second-order valence-corrected chi connectivity index (χ2v) is 1.95. The lowest BCUT2D eigenvalue weighted by Crippen LogP contribution is -2.18. The predicted octanol–water partition coefficient (Wildman–Crippen LogP) is 0.0725. The molecule has 6 nitrogen and oxygen atoms in total. The maximum absolute atomic E-state index is 5.06. The number of nitrogens with zero attached hydrogens (tertiary/aromatic N) is 4. The Balaban J connectivity index is 2.15. The average Bonchev–Trinajstić information content (AvgIpc) is 2.55. The lowest BCUT2D eigenvalue weighted by molar-refractivity contribution is 0.0901. The summed E-state index contributed by atoms with van der Waals surface area (Å²) in [7, 11) is 0. The van der Waals surface area contributed by atoms with Crippen molar-refractivity contribution in [1.82, 2.24) is 10.1 Å². The molecule has 0 N–H and O–H groups in total. The molecule has 6 heteroatoms. The summed E-state index contributed by atoms with van der Waals surface area (Å²) in [5.74, 6) is 0. The fourth-order valence-electron chi connectivity index (χ4n) is 0.678. The Morgan fingerprint density at radius 3 is 3.18 bits per heavy atom. The van der Waals surface area contributed by atoms with E-state index in [9.17, 15) is 0 Å². The molecule has 1 aromatic rings. The van der Waals surface area contributed by atoms with Gasteiger partial charge in [-0.1, -0.05) is 5.16 Å². The molecule has 0 amide bonds. The quantitative estimate of drug-likeness (QED) is 0.571. The summed E-state index contributed by atoms with van der Waals surface area (Å²) >= 11 is 0. The van der Waals surface area contributed by atoms with Crippen LogP contribution in [0.3, 0.4) is 0 Å². The first-order valence-electron chi connectivity index (χ1n) is 3.05. The van der Waals surface area contributed by atoms with Gasteiger partial charge in [-0.3, -0.25) is 0 Å². The molecule has 1 atom stereocenters. The maximum atomic E-state index is 5.06. The highest BCUT2D eigenvalue weighted by molar-refractivity contribution is 5.73. The minimum absolute atomic E-state index is 0.234. The van der Waals surface area contributed by atoms with Crippen molar-refractivity contribution in [2.24, 2.45) is 4.99 Å². The first-order valence-corrected chi connectivity index (χ1v) is 3.05. The van der Waals surface area contributed by atoms with Crippen LogP contribution >= 0.6 is 0 Å². The highest BCUT2D eigenvalue weighted by Gasteiger charge is 2.20. The molecule has 1 aliphatic rings. The van der Waals surface area contributed by atoms with E-state index >= 15 is 0 Å². The van der Waals surface area contributed by atoms with Crippen LogP contribution in [0, 0.1) is 0 Å². The van der Waals surface area contributed by atoms with Gasteiger partial charge in [-0.15, -0.1) is 5.06 Å². The summed E-state index contributed by atoms with van der Waals surface area (Å²) in [6.45, 7) is 1.78. The van der Waals surface area contributed by atoms with Crippen LogP contribution < -0.4 is 5.06 Å². The van der Waals surface area contributed by atoms with Crippen LogP contribution in [0.5, 0.6) is 0 Å². The molecule has 57 valence electrons. The first-order chi connectivity index (χ1) is 5.36. The van der Waals surface area contributed by atoms with E-state index in [2.05, 4.69) is 26.0 Å². The Bertz CT molecular complexity index is 257. The second kappa shape index (κ2) is 2.31. The monoisotopic (exact) mass is 153 g/mol. The van der Waals surface area contributed by atoms with Gasteiger partial charge in [-0.05, 0) is 6.92 Å². The molecule has 1 radical (unpaired) electrons. The van der Waals surface area contributed by atoms with E-state index in [-0.39, 0.29) is 12.2 Å². The fourth-order valence-corrected chi connectivity index (χ4v) is 0.678. The molecule has 0 saturated heterocycles. The zero-order valence-electron chi connectivity index (χ0n) is 5.76. The second-order valence-electron chi connectivity index (χ2n) is 1.95. The van der Waals surface area contributed by atoms with Crippen molar-refractivity contribution < 1.29 is 9.36 Å². The lowest BCUT2D eigenvalue weighted by Gasteiger charge is -2.06. The third kappa shape index (κ3) is 1.07. The number of rotatable bonds is 1. The van der Waals surface area contributed by atoms with Crippen molar-refractivity contribution in [3.63, 3.8) is 0 Å². The van der Waals surface area contributed by atoms with E-state index in [4.69, 9.17) is 4.84 Å². The van der Waals surface area contributed by atoms with Crippen LogP contribution in [0.15, 0.2) is 15.8 Å². The smallest absolute Gasteiger partial charge is 0.313 e. The average molecular weight is 153 g/mol. The zero-order valence-corrected chi connectivity index (χ0v) is 5.76. The van der Waals surface area contributed by atoms with E-state index < -0.39 is 0 Å². The van der Waals surface area contributed by atoms with Crippen molar-refractivity contribution in [1.29, 1.82) is 0 Å². The maximum Gasteiger partial charge on any atom is 0.354 e. The number of aromatic nitrogens is 2. The number of hydroxylamine groups is 1. The Kier molecular flexibility index (Phi) is 1.32. The van der Waals surface area contributed by atoms with Crippen LogP contribution in [0.2, 0.25) is 0 Å². The molecule has 2 heterocycles. The Morgan fingerprint density at radius 2 is 2.64 bits per heavy atom. The highest BCUT2D eigenvalue weighted by Crippen LogP contribution is 2.13. The van der Waals surface area contributed by atoms with Crippen molar-refractivity contribution in [3.05, 3.63) is 6.33 Å². The predicted molar refractivity (Wildman–Crippen MR) is 34.8 cm³/mol. The van der Waals surface area contributed by atoms with E-state index in [0.29, 0.717) is 0 Å². The SMILES string of the molecule is CC1N=[C]N(c2ncno2)O1. The molecular formula is C5H5N4O2. The molecule has 1 aliphatic heterocycles. The van der Waals surface area contributed by atoms with Crippen molar-refractivity contribution in [2.75, 3.05) is 5.06 Å². The largest absolute Gasteiger partial charge is 0.354 e. The number of hydrogen-bond donors (Lipinski definition) is 0. The van der Waals surface area contributed by atoms with Crippen molar-refractivity contribution >= 4 is 12.4 Å².